The molecule has 1 aliphatic carbocycles. The minimum absolute atomic E-state index is 0.628. The van der Waals surface area contributed by atoms with Gasteiger partial charge in [0.25, 0.3) is 0 Å². The third-order valence-electron chi connectivity index (χ3n) is 3.71. The van der Waals surface area contributed by atoms with Crippen molar-refractivity contribution in [2.24, 2.45) is 11.8 Å². The highest BCUT2D eigenvalue weighted by Crippen LogP contribution is 2.26. The summed E-state index contributed by atoms with van der Waals surface area (Å²) in [6.45, 7) is 7.70. The normalized spacial score (nSPS) is 19.1. The van der Waals surface area contributed by atoms with Crippen LogP contribution in [0.2, 0.25) is 0 Å². The van der Waals surface area contributed by atoms with Gasteiger partial charge in [0.2, 0.25) is 0 Å². The highest BCUT2D eigenvalue weighted by Gasteiger charge is 2.22. The van der Waals surface area contributed by atoms with Gasteiger partial charge in [-0.1, -0.05) is 13.8 Å². The molecule has 3 heteroatoms. The number of rotatable bonds is 4. The summed E-state index contributed by atoms with van der Waals surface area (Å²) in [5.41, 5.74) is 3.93. The summed E-state index contributed by atoms with van der Waals surface area (Å²) in [5, 5.41) is 3.28. The van der Waals surface area contributed by atoms with Gasteiger partial charge in [0, 0.05) is 17.8 Å². The molecule has 3 nitrogen and oxygen atoms in total. The molecule has 0 aliphatic heterocycles. The molecular formula is C15H25N3. The minimum Gasteiger partial charge on any atom is -0.319 e. The van der Waals surface area contributed by atoms with Crippen LogP contribution >= 0.6 is 0 Å². The Kier molecular flexibility index (Phi) is 4.33. The van der Waals surface area contributed by atoms with E-state index in [1.165, 1.54) is 23.4 Å². The molecule has 0 amide bonds. The van der Waals surface area contributed by atoms with Gasteiger partial charge < -0.3 is 5.32 Å². The van der Waals surface area contributed by atoms with Crippen LogP contribution < -0.4 is 5.32 Å². The van der Waals surface area contributed by atoms with Crippen molar-refractivity contribution in [2.45, 2.75) is 46.5 Å². The molecule has 1 aromatic rings. The van der Waals surface area contributed by atoms with E-state index in [0.717, 1.165) is 37.5 Å². The summed E-state index contributed by atoms with van der Waals surface area (Å²) in [6.07, 6.45) is 4.51. The molecule has 1 N–H and O–H groups in total. The summed E-state index contributed by atoms with van der Waals surface area (Å²) in [6, 6.07) is 0. The van der Waals surface area contributed by atoms with Gasteiger partial charge >= 0.3 is 0 Å². The van der Waals surface area contributed by atoms with Gasteiger partial charge in [0.05, 0.1) is 0 Å². The van der Waals surface area contributed by atoms with E-state index in [4.69, 9.17) is 4.98 Å². The molecule has 1 unspecified atom stereocenters. The third kappa shape index (κ3) is 3.08. The number of fused-ring (bicyclic) bond motifs is 1. The molecule has 1 aliphatic rings. The van der Waals surface area contributed by atoms with E-state index in [1.807, 2.05) is 7.05 Å². The molecule has 0 aromatic carbocycles. The van der Waals surface area contributed by atoms with Crippen molar-refractivity contribution in [2.75, 3.05) is 13.6 Å². The molecule has 0 saturated heterocycles. The number of aromatic nitrogens is 2. The Morgan fingerprint density at radius 2 is 2.11 bits per heavy atom. The Morgan fingerprint density at radius 1 is 1.33 bits per heavy atom. The number of hydrogen-bond donors (Lipinski definition) is 1. The third-order valence-corrected chi connectivity index (χ3v) is 3.71. The van der Waals surface area contributed by atoms with Crippen LogP contribution in [0.5, 0.6) is 0 Å². The summed E-state index contributed by atoms with van der Waals surface area (Å²) < 4.78 is 0. The average Bonchev–Trinajstić information content (AvgIpc) is 2.29. The largest absolute Gasteiger partial charge is 0.319 e. The second-order valence-corrected chi connectivity index (χ2v) is 5.91. The fourth-order valence-corrected chi connectivity index (χ4v) is 2.84. The molecular weight excluding hydrogens is 222 g/mol. The van der Waals surface area contributed by atoms with E-state index in [2.05, 4.69) is 31.1 Å². The molecule has 0 spiro atoms. The molecule has 1 atom stereocenters. The smallest absolute Gasteiger partial charge is 0.129 e. The summed E-state index contributed by atoms with van der Waals surface area (Å²) in [5.74, 6) is 2.41. The van der Waals surface area contributed by atoms with Gasteiger partial charge in [-0.2, -0.15) is 0 Å². The zero-order chi connectivity index (χ0) is 13.1. The molecule has 100 valence electrons. The maximum absolute atomic E-state index is 4.78. The molecule has 0 fully saturated rings. The van der Waals surface area contributed by atoms with Crippen molar-refractivity contribution in [1.82, 2.24) is 15.3 Å². The topological polar surface area (TPSA) is 37.8 Å². The maximum atomic E-state index is 4.78. The van der Waals surface area contributed by atoms with Gasteiger partial charge in [0.1, 0.15) is 5.82 Å². The first-order valence-corrected chi connectivity index (χ1v) is 7.10. The Balaban J connectivity index is 2.20. The SMILES string of the molecule is CNCC1CCc2nc(CC(C)C)nc(C)c2C1. The lowest BCUT2D eigenvalue weighted by Gasteiger charge is -2.25. The van der Waals surface area contributed by atoms with E-state index in [0.29, 0.717) is 5.92 Å². The van der Waals surface area contributed by atoms with Gasteiger partial charge in [-0.15, -0.1) is 0 Å². The average molecular weight is 247 g/mol. The lowest BCUT2D eigenvalue weighted by atomic mass is 9.85. The number of nitrogens with one attached hydrogen (secondary N) is 1. The number of aryl methyl sites for hydroxylation is 2. The first-order valence-electron chi connectivity index (χ1n) is 7.10. The summed E-state index contributed by atoms with van der Waals surface area (Å²) >= 11 is 0. The van der Waals surface area contributed by atoms with Crippen LogP contribution in [-0.4, -0.2) is 23.6 Å². The van der Waals surface area contributed by atoms with Crippen LogP contribution in [-0.2, 0) is 19.3 Å². The zero-order valence-corrected chi connectivity index (χ0v) is 12.1. The van der Waals surface area contributed by atoms with Crippen molar-refractivity contribution in [3.63, 3.8) is 0 Å². The van der Waals surface area contributed by atoms with E-state index < -0.39 is 0 Å². The summed E-state index contributed by atoms with van der Waals surface area (Å²) in [7, 11) is 2.03. The first kappa shape index (κ1) is 13.5. The molecule has 1 aromatic heterocycles. The van der Waals surface area contributed by atoms with Crippen molar-refractivity contribution < 1.29 is 0 Å². The Morgan fingerprint density at radius 3 is 2.78 bits per heavy atom. The molecule has 0 radical (unpaired) electrons. The van der Waals surface area contributed by atoms with Gasteiger partial charge in [-0.05, 0) is 57.2 Å². The zero-order valence-electron chi connectivity index (χ0n) is 12.1. The van der Waals surface area contributed by atoms with Crippen molar-refractivity contribution in [3.8, 4) is 0 Å². The van der Waals surface area contributed by atoms with Gasteiger partial charge in [0.15, 0.2) is 0 Å². The predicted molar refractivity (Wildman–Crippen MR) is 74.8 cm³/mol. The Bertz CT molecular complexity index is 412. The fraction of sp³-hybridized carbons (Fsp3) is 0.733. The molecule has 0 bridgehead atoms. The fourth-order valence-electron chi connectivity index (χ4n) is 2.84. The van der Waals surface area contributed by atoms with Gasteiger partial charge in [-0.25, -0.2) is 9.97 Å². The monoisotopic (exact) mass is 247 g/mol. The second kappa shape index (κ2) is 5.79. The quantitative estimate of drug-likeness (QED) is 0.887. The predicted octanol–water partition coefficient (Wildman–Crippen LogP) is 2.31. The van der Waals surface area contributed by atoms with E-state index in [9.17, 15) is 0 Å². The van der Waals surface area contributed by atoms with E-state index >= 15 is 0 Å². The van der Waals surface area contributed by atoms with Crippen LogP contribution in [0.15, 0.2) is 0 Å². The molecule has 1 heterocycles. The Hall–Kier alpha value is -0.960. The van der Waals surface area contributed by atoms with Crippen LogP contribution in [0.1, 0.15) is 43.0 Å². The van der Waals surface area contributed by atoms with E-state index in [-0.39, 0.29) is 0 Å². The van der Waals surface area contributed by atoms with Crippen molar-refractivity contribution in [1.29, 1.82) is 0 Å². The minimum atomic E-state index is 0.628. The highest BCUT2D eigenvalue weighted by molar-refractivity contribution is 5.28. The Labute approximate surface area is 110 Å². The van der Waals surface area contributed by atoms with Crippen LogP contribution in [0.3, 0.4) is 0 Å². The second-order valence-electron chi connectivity index (χ2n) is 5.91. The molecule has 2 rings (SSSR count). The molecule has 0 saturated carbocycles. The van der Waals surface area contributed by atoms with Crippen molar-refractivity contribution in [3.05, 3.63) is 22.8 Å². The number of hydrogen-bond acceptors (Lipinski definition) is 3. The molecule has 18 heavy (non-hydrogen) atoms. The van der Waals surface area contributed by atoms with Crippen LogP contribution in [0, 0.1) is 18.8 Å². The summed E-state index contributed by atoms with van der Waals surface area (Å²) in [4.78, 5) is 9.47. The number of nitrogens with zero attached hydrogens (tertiary/aromatic N) is 2. The highest BCUT2D eigenvalue weighted by atomic mass is 14.9. The first-order chi connectivity index (χ1) is 8.60. The van der Waals surface area contributed by atoms with Gasteiger partial charge in [-0.3, -0.25) is 0 Å². The van der Waals surface area contributed by atoms with E-state index in [1.54, 1.807) is 0 Å². The van der Waals surface area contributed by atoms with Crippen LogP contribution in [0.25, 0.3) is 0 Å². The maximum Gasteiger partial charge on any atom is 0.129 e. The standard InChI is InChI=1S/C15H25N3/c1-10(2)7-15-17-11(3)13-8-12(9-16-4)5-6-14(13)18-15/h10,12,16H,5-9H2,1-4H3. The van der Waals surface area contributed by atoms with Crippen molar-refractivity contribution >= 4 is 0 Å². The lowest BCUT2D eigenvalue weighted by molar-refractivity contribution is 0.430. The van der Waals surface area contributed by atoms with Crippen LogP contribution in [0.4, 0.5) is 0 Å². The lowest BCUT2D eigenvalue weighted by Crippen LogP contribution is -2.26.